The molecule has 0 atom stereocenters. The summed E-state index contributed by atoms with van der Waals surface area (Å²) in [5.74, 6) is 3.29. The predicted octanol–water partition coefficient (Wildman–Crippen LogP) is 9.46. The van der Waals surface area contributed by atoms with Gasteiger partial charge in [-0.15, -0.1) is 0 Å². The number of nitrogens with zero attached hydrogens (tertiary/aromatic N) is 2. The summed E-state index contributed by atoms with van der Waals surface area (Å²) in [6.07, 6.45) is 20.7. The van der Waals surface area contributed by atoms with Crippen molar-refractivity contribution in [3.05, 3.63) is 47.7 Å². The van der Waals surface area contributed by atoms with Crippen LogP contribution in [-0.4, -0.2) is 10.2 Å². The van der Waals surface area contributed by atoms with Crippen molar-refractivity contribution in [1.82, 2.24) is 10.2 Å². The largest absolute Gasteiger partial charge is 0.155 e. The van der Waals surface area contributed by atoms with Crippen LogP contribution in [0.5, 0.6) is 0 Å². The molecule has 2 heteroatoms. The molecule has 33 heavy (non-hydrogen) atoms. The third-order valence-corrected chi connectivity index (χ3v) is 8.66. The smallest absolute Gasteiger partial charge is 0.0929 e. The quantitative estimate of drug-likeness (QED) is 0.340. The van der Waals surface area contributed by atoms with E-state index in [1.807, 2.05) is 0 Å². The molecule has 180 valence electrons. The Bertz CT molecular complexity index is 794. The van der Waals surface area contributed by atoms with Gasteiger partial charge < -0.3 is 0 Å². The maximum Gasteiger partial charge on any atom is 0.0929 e. The first-order valence-corrected chi connectivity index (χ1v) is 14.2. The topological polar surface area (TPSA) is 25.8 Å². The standard InChI is InChI=1S/C31H46N2/c1-3-5-7-9-25-12-16-28(17-13-25)30-22-23-31(33-32-30)29-20-18-27(19-21-29)26-14-10-24(11-15-26)8-6-4-2/h18-26,28H,3-17H2,1-2H3. The average molecular weight is 447 g/mol. The Kier molecular flexibility index (Phi) is 9.38. The maximum absolute atomic E-state index is 4.67. The van der Waals surface area contributed by atoms with Gasteiger partial charge in [-0.1, -0.05) is 83.1 Å². The van der Waals surface area contributed by atoms with Crippen LogP contribution in [0.15, 0.2) is 36.4 Å². The molecule has 0 unspecified atom stereocenters. The van der Waals surface area contributed by atoms with Crippen molar-refractivity contribution in [2.75, 3.05) is 0 Å². The van der Waals surface area contributed by atoms with Gasteiger partial charge in [-0.2, -0.15) is 10.2 Å². The fourth-order valence-corrected chi connectivity index (χ4v) is 6.35. The highest BCUT2D eigenvalue weighted by Crippen LogP contribution is 2.39. The predicted molar refractivity (Wildman–Crippen MR) is 141 cm³/mol. The molecule has 1 aromatic carbocycles. The van der Waals surface area contributed by atoms with Gasteiger partial charge in [0.15, 0.2) is 0 Å². The molecule has 0 N–H and O–H groups in total. The zero-order chi connectivity index (χ0) is 22.9. The van der Waals surface area contributed by atoms with E-state index in [0.717, 1.165) is 23.4 Å². The van der Waals surface area contributed by atoms with Gasteiger partial charge in [-0.25, -0.2) is 0 Å². The Hall–Kier alpha value is -1.70. The van der Waals surface area contributed by atoms with Gasteiger partial charge in [0.25, 0.3) is 0 Å². The first-order chi connectivity index (χ1) is 16.3. The van der Waals surface area contributed by atoms with E-state index in [0.29, 0.717) is 5.92 Å². The number of aromatic nitrogens is 2. The van der Waals surface area contributed by atoms with Crippen LogP contribution < -0.4 is 0 Å². The maximum atomic E-state index is 4.67. The molecular weight excluding hydrogens is 400 g/mol. The van der Waals surface area contributed by atoms with Crippen LogP contribution in [0.25, 0.3) is 11.3 Å². The van der Waals surface area contributed by atoms with Crippen LogP contribution in [0.1, 0.15) is 133 Å². The van der Waals surface area contributed by atoms with E-state index in [-0.39, 0.29) is 0 Å². The van der Waals surface area contributed by atoms with E-state index in [1.54, 1.807) is 0 Å². The molecule has 1 aromatic heterocycles. The summed E-state index contributed by atoms with van der Waals surface area (Å²) in [7, 11) is 0. The molecule has 0 aliphatic heterocycles. The van der Waals surface area contributed by atoms with Gasteiger partial charge in [0, 0.05) is 11.5 Å². The monoisotopic (exact) mass is 446 g/mol. The third kappa shape index (κ3) is 6.90. The van der Waals surface area contributed by atoms with E-state index in [2.05, 4.69) is 60.4 Å². The molecule has 2 aliphatic rings. The molecule has 2 saturated carbocycles. The van der Waals surface area contributed by atoms with Crippen LogP contribution in [0, 0.1) is 11.8 Å². The first kappa shape index (κ1) is 24.4. The van der Waals surface area contributed by atoms with Gasteiger partial charge in [0.05, 0.1) is 11.4 Å². The summed E-state index contributed by atoms with van der Waals surface area (Å²) >= 11 is 0. The van der Waals surface area contributed by atoms with Crippen molar-refractivity contribution < 1.29 is 0 Å². The number of hydrogen-bond acceptors (Lipinski definition) is 2. The van der Waals surface area contributed by atoms with Crippen molar-refractivity contribution in [2.45, 2.75) is 122 Å². The Balaban J connectivity index is 1.27. The van der Waals surface area contributed by atoms with Crippen LogP contribution in [0.2, 0.25) is 0 Å². The normalized spacial score (nSPS) is 25.8. The minimum Gasteiger partial charge on any atom is -0.155 e. The fourth-order valence-electron chi connectivity index (χ4n) is 6.35. The van der Waals surface area contributed by atoms with Crippen molar-refractivity contribution in [2.24, 2.45) is 11.8 Å². The second-order valence-electron chi connectivity index (χ2n) is 11.0. The van der Waals surface area contributed by atoms with E-state index < -0.39 is 0 Å². The molecule has 0 spiro atoms. The molecule has 2 aromatic rings. The fraction of sp³-hybridized carbons (Fsp3) is 0.677. The van der Waals surface area contributed by atoms with Gasteiger partial charge in [-0.3, -0.25) is 0 Å². The van der Waals surface area contributed by atoms with E-state index in [4.69, 9.17) is 0 Å². The van der Waals surface area contributed by atoms with Crippen LogP contribution in [0.3, 0.4) is 0 Å². The van der Waals surface area contributed by atoms with Gasteiger partial charge in [-0.05, 0) is 86.8 Å². The molecule has 2 nitrogen and oxygen atoms in total. The molecule has 4 rings (SSSR count). The minimum absolute atomic E-state index is 0.615. The highest BCUT2D eigenvalue weighted by molar-refractivity contribution is 5.59. The van der Waals surface area contributed by atoms with Crippen LogP contribution in [0.4, 0.5) is 0 Å². The summed E-state index contributed by atoms with van der Waals surface area (Å²) in [5, 5.41) is 9.31. The highest BCUT2D eigenvalue weighted by Gasteiger charge is 2.24. The van der Waals surface area contributed by atoms with Crippen molar-refractivity contribution in [3.63, 3.8) is 0 Å². The van der Waals surface area contributed by atoms with Crippen LogP contribution in [-0.2, 0) is 0 Å². The van der Waals surface area contributed by atoms with Crippen molar-refractivity contribution in [3.8, 4) is 11.3 Å². The molecule has 0 bridgehead atoms. The zero-order valence-electron chi connectivity index (χ0n) is 21.3. The molecule has 2 fully saturated rings. The number of hydrogen-bond donors (Lipinski definition) is 0. The van der Waals surface area contributed by atoms with Crippen molar-refractivity contribution >= 4 is 0 Å². The van der Waals surface area contributed by atoms with E-state index in [1.165, 1.54) is 113 Å². The molecule has 0 saturated heterocycles. The van der Waals surface area contributed by atoms with Gasteiger partial charge in [0.1, 0.15) is 0 Å². The van der Waals surface area contributed by atoms with Gasteiger partial charge in [0.2, 0.25) is 0 Å². The summed E-state index contributed by atoms with van der Waals surface area (Å²) in [6.45, 7) is 4.61. The average Bonchev–Trinajstić information content (AvgIpc) is 2.89. The lowest BCUT2D eigenvalue weighted by Gasteiger charge is -2.29. The third-order valence-electron chi connectivity index (χ3n) is 8.66. The summed E-state index contributed by atoms with van der Waals surface area (Å²) < 4.78 is 0. The summed E-state index contributed by atoms with van der Waals surface area (Å²) in [4.78, 5) is 0. The SMILES string of the molecule is CCCCCC1CCC(c2ccc(-c3ccc(C4CCC(CCCC)CC4)cc3)nn2)CC1. The lowest BCUT2D eigenvalue weighted by molar-refractivity contribution is 0.299. The second kappa shape index (κ2) is 12.7. The van der Waals surface area contributed by atoms with E-state index in [9.17, 15) is 0 Å². The molecule has 1 heterocycles. The first-order valence-electron chi connectivity index (χ1n) is 14.2. The number of unbranched alkanes of at least 4 members (excludes halogenated alkanes) is 3. The molecule has 0 amide bonds. The lowest BCUT2D eigenvalue weighted by Crippen LogP contribution is -2.14. The van der Waals surface area contributed by atoms with Gasteiger partial charge >= 0.3 is 0 Å². The Labute approximate surface area is 203 Å². The van der Waals surface area contributed by atoms with Crippen LogP contribution >= 0.6 is 0 Å². The molecule has 2 aliphatic carbocycles. The van der Waals surface area contributed by atoms with Crippen molar-refractivity contribution in [1.29, 1.82) is 0 Å². The summed E-state index contributed by atoms with van der Waals surface area (Å²) in [6, 6.07) is 13.7. The summed E-state index contributed by atoms with van der Waals surface area (Å²) in [5.41, 5.74) is 4.95. The number of rotatable bonds is 10. The zero-order valence-corrected chi connectivity index (χ0v) is 21.3. The Morgan fingerprint density at radius 3 is 1.79 bits per heavy atom. The molecular formula is C31H46N2. The number of benzene rings is 1. The van der Waals surface area contributed by atoms with E-state index >= 15 is 0 Å². The second-order valence-corrected chi connectivity index (χ2v) is 11.0. The lowest BCUT2D eigenvalue weighted by atomic mass is 9.77. The highest BCUT2D eigenvalue weighted by atomic mass is 15.1. The Morgan fingerprint density at radius 2 is 1.21 bits per heavy atom. The molecule has 0 radical (unpaired) electrons. The minimum atomic E-state index is 0.615. The Morgan fingerprint density at radius 1 is 0.606 bits per heavy atom.